The molecule has 1 fully saturated rings. The van der Waals surface area contributed by atoms with E-state index in [2.05, 4.69) is 60.0 Å². The van der Waals surface area contributed by atoms with Crippen molar-refractivity contribution in [2.24, 2.45) is 0 Å². The van der Waals surface area contributed by atoms with E-state index in [1.54, 1.807) is 7.11 Å². The van der Waals surface area contributed by atoms with Gasteiger partial charge in [-0.3, -0.25) is 4.90 Å². The highest BCUT2D eigenvalue weighted by Gasteiger charge is 2.19. The Morgan fingerprint density at radius 3 is 2.24 bits per heavy atom. The van der Waals surface area contributed by atoms with Gasteiger partial charge in [0.25, 0.3) is 0 Å². The van der Waals surface area contributed by atoms with E-state index in [-0.39, 0.29) is 0 Å². The molecule has 3 nitrogen and oxygen atoms in total. The summed E-state index contributed by atoms with van der Waals surface area (Å²) in [5, 5.41) is 0. The third-order valence-corrected chi connectivity index (χ3v) is 4.80. The summed E-state index contributed by atoms with van der Waals surface area (Å²) in [5.74, 6) is 2.41. The molecule has 0 N–H and O–H groups in total. The van der Waals surface area contributed by atoms with Crippen molar-refractivity contribution in [3.63, 3.8) is 0 Å². The lowest BCUT2D eigenvalue weighted by Gasteiger charge is -2.37. The number of nitrogens with zero attached hydrogens (tertiary/aromatic N) is 2. The van der Waals surface area contributed by atoms with Crippen molar-refractivity contribution >= 4 is 5.69 Å². The van der Waals surface area contributed by atoms with Gasteiger partial charge in [-0.1, -0.05) is 44.2 Å². The summed E-state index contributed by atoms with van der Waals surface area (Å²) in [6, 6.07) is 17.2. The maximum absolute atomic E-state index is 5.26. The van der Waals surface area contributed by atoms with Crippen molar-refractivity contribution in [1.29, 1.82) is 0 Å². The standard InChI is InChI=1S/C22H29N2O/c1-18(2)17-23-12-14-24(15-13-23)22-7-5-4-6-20(22)16-19-8-10-21(25-3)11-9-19/h4-11H,12-17H2,1-3H3. The Bertz CT molecular complexity index is 658. The average Bonchev–Trinajstić information content (AvgIpc) is 2.63. The minimum absolute atomic E-state index is 0.913. The van der Waals surface area contributed by atoms with Crippen LogP contribution in [0.4, 0.5) is 5.69 Å². The normalized spacial score (nSPS) is 15.6. The van der Waals surface area contributed by atoms with E-state index in [1.165, 1.54) is 22.7 Å². The van der Waals surface area contributed by atoms with E-state index in [9.17, 15) is 0 Å². The van der Waals surface area contributed by atoms with Crippen molar-refractivity contribution in [3.8, 4) is 5.75 Å². The molecule has 2 aromatic carbocycles. The molecule has 0 unspecified atom stereocenters. The first-order valence-electron chi connectivity index (χ1n) is 9.13. The number of para-hydroxylation sites is 1. The van der Waals surface area contributed by atoms with Gasteiger partial charge in [0.05, 0.1) is 7.11 Å². The Morgan fingerprint density at radius 2 is 1.60 bits per heavy atom. The molecule has 1 heterocycles. The van der Waals surface area contributed by atoms with Crippen LogP contribution in [0.15, 0.2) is 48.5 Å². The van der Waals surface area contributed by atoms with Gasteiger partial charge in [-0.05, 0) is 41.7 Å². The van der Waals surface area contributed by atoms with Gasteiger partial charge in [0.15, 0.2) is 0 Å². The Hall–Kier alpha value is -2.00. The number of rotatable bonds is 6. The summed E-state index contributed by atoms with van der Waals surface area (Å²) in [6.07, 6.45) is 0.961. The van der Waals surface area contributed by atoms with Gasteiger partial charge in [0, 0.05) is 38.4 Å². The Balaban J connectivity index is 1.68. The van der Waals surface area contributed by atoms with Crippen molar-refractivity contribution in [2.75, 3.05) is 44.7 Å². The highest BCUT2D eigenvalue weighted by molar-refractivity contribution is 5.55. The Morgan fingerprint density at radius 1 is 0.920 bits per heavy atom. The highest BCUT2D eigenvalue weighted by atomic mass is 16.5. The number of ether oxygens (including phenoxy) is 1. The van der Waals surface area contributed by atoms with Gasteiger partial charge in [-0.2, -0.15) is 0 Å². The molecule has 3 heteroatoms. The van der Waals surface area contributed by atoms with Crippen molar-refractivity contribution < 1.29 is 4.74 Å². The first-order valence-corrected chi connectivity index (χ1v) is 9.13. The van der Waals surface area contributed by atoms with Crippen LogP contribution in [-0.4, -0.2) is 44.7 Å². The van der Waals surface area contributed by atoms with E-state index in [4.69, 9.17) is 4.74 Å². The van der Waals surface area contributed by atoms with Crippen LogP contribution < -0.4 is 9.64 Å². The van der Waals surface area contributed by atoms with Crippen LogP contribution in [0.5, 0.6) is 5.75 Å². The largest absolute Gasteiger partial charge is 0.497 e. The predicted molar refractivity (Wildman–Crippen MR) is 105 cm³/mol. The van der Waals surface area contributed by atoms with Crippen LogP contribution in [0.1, 0.15) is 25.0 Å². The second kappa shape index (κ2) is 8.39. The van der Waals surface area contributed by atoms with Crippen LogP contribution in [0.3, 0.4) is 0 Å². The van der Waals surface area contributed by atoms with Crippen molar-refractivity contribution in [1.82, 2.24) is 4.90 Å². The van der Waals surface area contributed by atoms with Crippen LogP contribution in [0.2, 0.25) is 0 Å². The number of hydrogen-bond donors (Lipinski definition) is 0. The highest BCUT2D eigenvalue weighted by Crippen LogP contribution is 2.25. The van der Waals surface area contributed by atoms with Gasteiger partial charge in [-0.25, -0.2) is 0 Å². The number of benzene rings is 2. The third kappa shape index (κ3) is 4.76. The number of methoxy groups -OCH3 is 1. The fourth-order valence-corrected chi connectivity index (χ4v) is 3.53. The van der Waals surface area contributed by atoms with E-state index in [0.29, 0.717) is 0 Å². The van der Waals surface area contributed by atoms with E-state index < -0.39 is 0 Å². The van der Waals surface area contributed by atoms with Crippen LogP contribution in [-0.2, 0) is 6.42 Å². The second-order valence-corrected chi connectivity index (χ2v) is 7.12. The van der Waals surface area contributed by atoms with Gasteiger partial charge < -0.3 is 9.64 Å². The predicted octanol–water partition coefficient (Wildman–Crippen LogP) is 4.02. The molecule has 1 radical (unpaired) electrons. The molecule has 2 aromatic rings. The van der Waals surface area contributed by atoms with E-state index >= 15 is 0 Å². The summed E-state index contributed by atoms with van der Waals surface area (Å²) in [4.78, 5) is 5.10. The summed E-state index contributed by atoms with van der Waals surface area (Å²) in [5.41, 5.74) is 4.11. The SMILES string of the molecule is COc1ccc(Cc2ccccc2N2CCN(C[C](C)C)CC2)cc1. The molecule has 0 amide bonds. The Labute approximate surface area is 152 Å². The Kier molecular flexibility index (Phi) is 5.98. The lowest BCUT2D eigenvalue weighted by atomic mass is 10.0. The molecular weight excluding hydrogens is 308 g/mol. The van der Waals surface area contributed by atoms with Crippen molar-refractivity contribution in [3.05, 3.63) is 65.6 Å². The molecule has 1 aliphatic heterocycles. The zero-order chi connectivity index (χ0) is 17.6. The minimum Gasteiger partial charge on any atom is -0.497 e. The van der Waals surface area contributed by atoms with E-state index in [0.717, 1.165) is 44.9 Å². The maximum Gasteiger partial charge on any atom is 0.118 e. The van der Waals surface area contributed by atoms with Crippen LogP contribution in [0.25, 0.3) is 0 Å². The molecule has 1 aliphatic rings. The number of piperazine rings is 1. The molecule has 0 bridgehead atoms. The molecule has 3 rings (SSSR count). The fraction of sp³-hybridized carbons (Fsp3) is 0.409. The molecule has 0 atom stereocenters. The van der Waals surface area contributed by atoms with Crippen molar-refractivity contribution in [2.45, 2.75) is 20.3 Å². The number of anilines is 1. The average molecular weight is 337 g/mol. The lowest BCUT2D eigenvalue weighted by Crippen LogP contribution is -2.47. The molecule has 0 aliphatic carbocycles. The van der Waals surface area contributed by atoms with Gasteiger partial charge in [-0.15, -0.1) is 0 Å². The molecule has 133 valence electrons. The minimum atomic E-state index is 0.913. The van der Waals surface area contributed by atoms with Crippen LogP contribution in [0, 0.1) is 5.92 Å². The quantitative estimate of drug-likeness (QED) is 0.792. The summed E-state index contributed by atoms with van der Waals surface area (Å²) in [6.45, 7) is 10.1. The zero-order valence-electron chi connectivity index (χ0n) is 15.7. The fourth-order valence-electron chi connectivity index (χ4n) is 3.53. The van der Waals surface area contributed by atoms with Gasteiger partial charge in [0.1, 0.15) is 5.75 Å². The zero-order valence-corrected chi connectivity index (χ0v) is 15.7. The molecule has 0 aromatic heterocycles. The molecule has 0 spiro atoms. The first-order chi connectivity index (χ1) is 12.2. The van der Waals surface area contributed by atoms with Gasteiger partial charge in [0.2, 0.25) is 0 Å². The summed E-state index contributed by atoms with van der Waals surface area (Å²) in [7, 11) is 1.71. The molecule has 0 saturated carbocycles. The summed E-state index contributed by atoms with van der Waals surface area (Å²) < 4.78 is 5.26. The molecular formula is C22H29N2O. The monoisotopic (exact) mass is 337 g/mol. The first kappa shape index (κ1) is 17.8. The van der Waals surface area contributed by atoms with Crippen LogP contribution >= 0.6 is 0 Å². The smallest absolute Gasteiger partial charge is 0.118 e. The second-order valence-electron chi connectivity index (χ2n) is 7.12. The third-order valence-electron chi connectivity index (χ3n) is 4.80. The van der Waals surface area contributed by atoms with Gasteiger partial charge >= 0.3 is 0 Å². The van der Waals surface area contributed by atoms with E-state index in [1.807, 2.05) is 12.1 Å². The lowest BCUT2D eigenvalue weighted by molar-refractivity contribution is 0.267. The molecule has 1 saturated heterocycles. The molecule has 25 heavy (non-hydrogen) atoms. The number of hydrogen-bond acceptors (Lipinski definition) is 3. The summed E-state index contributed by atoms with van der Waals surface area (Å²) >= 11 is 0. The topological polar surface area (TPSA) is 15.7 Å². The maximum atomic E-state index is 5.26.